The summed E-state index contributed by atoms with van der Waals surface area (Å²) in [6.07, 6.45) is 1.74. The van der Waals surface area contributed by atoms with Crippen LogP contribution in [0.5, 0.6) is 5.75 Å². The Morgan fingerprint density at radius 1 is 1.20 bits per heavy atom. The number of ether oxygens (including phenoxy) is 1. The number of rotatable bonds is 6. The van der Waals surface area contributed by atoms with Crippen molar-refractivity contribution in [3.8, 4) is 5.75 Å². The first-order valence-electron chi connectivity index (χ1n) is 8.16. The van der Waals surface area contributed by atoms with Gasteiger partial charge in [0.15, 0.2) is 0 Å². The summed E-state index contributed by atoms with van der Waals surface area (Å²) in [5, 5.41) is 5.90. The number of pyridine rings is 1. The molecule has 0 saturated heterocycles. The molecule has 2 aromatic rings. The van der Waals surface area contributed by atoms with Gasteiger partial charge in [-0.05, 0) is 26.0 Å². The Labute approximate surface area is 149 Å². The zero-order valence-corrected chi connectivity index (χ0v) is 15.5. The molecule has 2 rings (SSSR count). The molecule has 0 aliphatic rings. The molecule has 0 spiro atoms. The smallest absolute Gasteiger partial charge is 0.315 e. The van der Waals surface area contributed by atoms with E-state index in [1.54, 1.807) is 13.3 Å². The SMILES string of the molecule is COc1ccccc1C(C)(C)NC(=O)NCc1cccnc1N(C)C. The fraction of sp³-hybridized carbons (Fsp3) is 0.368. The Morgan fingerprint density at radius 3 is 2.60 bits per heavy atom. The van der Waals surface area contributed by atoms with Crippen LogP contribution < -0.4 is 20.3 Å². The van der Waals surface area contributed by atoms with Gasteiger partial charge in [0.25, 0.3) is 0 Å². The van der Waals surface area contributed by atoms with E-state index >= 15 is 0 Å². The van der Waals surface area contributed by atoms with Gasteiger partial charge in [-0.2, -0.15) is 0 Å². The van der Waals surface area contributed by atoms with Gasteiger partial charge in [-0.3, -0.25) is 0 Å². The molecule has 0 unspecified atom stereocenters. The standard InChI is InChI=1S/C19H26N4O2/c1-19(2,15-10-6-7-11-16(15)25-5)22-18(24)21-13-14-9-8-12-20-17(14)23(3)4/h6-12H,13H2,1-5H3,(H2,21,22,24). The lowest BCUT2D eigenvalue weighted by molar-refractivity contribution is 0.229. The van der Waals surface area contributed by atoms with E-state index < -0.39 is 5.54 Å². The summed E-state index contributed by atoms with van der Waals surface area (Å²) in [5.41, 5.74) is 1.30. The Morgan fingerprint density at radius 2 is 1.92 bits per heavy atom. The summed E-state index contributed by atoms with van der Waals surface area (Å²) in [7, 11) is 5.48. The molecular weight excluding hydrogens is 316 g/mol. The summed E-state index contributed by atoms with van der Waals surface area (Å²) in [4.78, 5) is 18.7. The minimum absolute atomic E-state index is 0.246. The minimum atomic E-state index is -0.573. The van der Waals surface area contributed by atoms with Crippen molar-refractivity contribution in [3.05, 3.63) is 53.7 Å². The van der Waals surface area contributed by atoms with E-state index in [1.807, 2.05) is 69.2 Å². The number of nitrogens with zero attached hydrogens (tertiary/aromatic N) is 2. The molecule has 0 atom stereocenters. The highest BCUT2D eigenvalue weighted by Crippen LogP contribution is 2.29. The second-order valence-electron chi connectivity index (χ2n) is 6.51. The highest BCUT2D eigenvalue weighted by molar-refractivity contribution is 5.75. The number of aromatic nitrogens is 1. The van der Waals surface area contributed by atoms with Gasteiger partial charge in [-0.15, -0.1) is 0 Å². The Balaban J connectivity index is 2.05. The van der Waals surface area contributed by atoms with Crippen LogP contribution in [-0.2, 0) is 12.1 Å². The van der Waals surface area contributed by atoms with Crippen molar-refractivity contribution < 1.29 is 9.53 Å². The van der Waals surface area contributed by atoms with Crippen LogP contribution in [0, 0.1) is 0 Å². The Bertz CT molecular complexity index is 729. The summed E-state index contributed by atoms with van der Waals surface area (Å²) < 4.78 is 5.40. The van der Waals surface area contributed by atoms with E-state index in [-0.39, 0.29) is 6.03 Å². The van der Waals surface area contributed by atoms with Gasteiger partial charge >= 0.3 is 6.03 Å². The predicted octanol–water partition coefficient (Wildman–Crippen LogP) is 2.89. The maximum atomic E-state index is 12.4. The number of para-hydroxylation sites is 1. The van der Waals surface area contributed by atoms with Gasteiger partial charge in [0.2, 0.25) is 0 Å². The number of hydrogen-bond donors (Lipinski definition) is 2. The van der Waals surface area contributed by atoms with E-state index in [0.29, 0.717) is 6.54 Å². The first-order chi connectivity index (χ1) is 11.8. The van der Waals surface area contributed by atoms with Gasteiger partial charge in [0, 0.05) is 38.0 Å². The molecule has 6 heteroatoms. The molecule has 1 aromatic heterocycles. The summed E-state index contributed by atoms with van der Waals surface area (Å²) >= 11 is 0. The lowest BCUT2D eigenvalue weighted by atomic mass is 9.93. The quantitative estimate of drug-likeness (QED) is 0.847. The Kier molecular flexibility index (Phi) is 5.85. The van der Waals surface area contributed by atoms with Crippen LogP contribution in [0.4, 0.5) is 10.6 Å². The molecule has 2 amide bonds. The average Bonchev–Trinajstić information content (AvgIpc) is 2.59. The van der Waals surface area contributed by atoms with Crippen molar-refractivity contribution in [1.82, 2.24) is 15.6 Å². The number of amides is 2. The molecule has 6 nitrogen and oxygen atoms in total. The van der Waals surface area contributed by atoms with Crippen molar-refractivity contribution in [2.45, 2.75) is 25.9 Å². The first-order valence-corrected chi connectivity index (χ1v) is 8.16. The fourth-order valence-electron chi connectivity index (χ4n) is 2.70. The van der Waals surface area contributed by atoms with Gasteiger partial charge in [-0.25, -0.2) is 9.78 Å². The summed E-state index contributed by atoms with van der Waals surface area (Å²) in [6, 6.07) is 11.2. The molecule has 1 aromatic carbocycles. The number of methoxy groups -OCH3 is 1. The van der Waals surface area contributed by atoms with Crippen molar-refractivity contribution in [2.24, 2.45) is 0 Å². The molecule has 2 N–H and O–H groups in total. The third-order valence-electron chi connectivity index (χ3n) is 3.94. The highest BCUT2D eigenvalue weighted by Gasteiger charge is 2.26. The van der Waals surface area contributed by atoms with Crippen LogP contribution in [0.3, 0.4) is 0 Å². The van der Waals surface area contributed by atoms with Crippen LogP contribution in [0.25, 0.3) is 0 Å². The third kappa shape index (κ3) is 4.62. The van der Waals surface area contributed by atoms with Crippen LogP contribution >= 0.6 is 0 Å². The van der Waals surface area contributed by atoms with Gasteiger partial charge in [0.1, 0.15) is 11.6 Å². The number of benzene rings is 1. The van der Waals surface area contributed by atoms with Crippen LogP contribution in [0.1, 0.15) is 25.0 Å². The van der Waals surface area contributed by atoms with Crippen molar-refractivity contribution in [1.29, 1.82) is 0 Å². The molecule has 0 fully saturated rings. The normalized spacial score (nSPS) is 10.9. The van der Waals surface area contributed by atoms with E-state index in [1.165, 1.54) is 0 Å². The maximum absolute atomic E-state index is 12.4. The Hall–Kier alpha value is -2.76. The number of hydrogen-bond acceptors (Lipinski definition) is 4. The second kappa shape index (κ2) is 7.88. The molecule has 1 heterocycles. The molecule has 0 bridgehead atoms. The number of nitrogens with one attached hydrogen (secondary N) is 2. The lowest BCUT2D eigenvalue weighted by Crippen LogP contribution is -2.46. The fourth-order valence-corrected chi connectivity index (χ4v) is 2.70. The molecule has 0 aliphatic carbocycles. The van der Waals surface area contributed by atoms with Gasteiger partial charge in [-0.1, -0.05) is 24.3 Å². The van der Waals surface area contributed by atoms with Crippen LogP contribution in [-0.4, -0.2) is 32.2 Å². The monoisotopic (exact) mass is 342 g/mol. The average molecular weight is 342 g/mol. The first kappa shape index (κ1) is 18.6. The molecule has 134 valence electrons. The molecule has 0 saturated carbocycles. The van der Waals surface area contributed by atoms with E-state index in [4.69, 9.17) is 4.74 Å². The van der Waals surface area contributed by atoms with Crippen molar-refractivity contribution >= 4 is 11.8 Å². The van der Waals surface area contributed by atoms with E-state index in [0.717, 1.165) is 22.7 Å². The topological polar surface area (TPSA) is 66.5 Å². The van der Waals surface area contributed by atoms with E-state index in [2.05, 4.69) is 15.6 Å². The number of carbonyl (C=O) groups excluding carboxylic acids is 1. The zero-order valence-electron chi connectivity index (χ0n) is 15.5. The number of carbonyl (C=O) groups is 1. The lowest BCUT2D eigenvalue weighted by Gasteiger charge is -2.28. The van der Waals surface area contributed by atoms with Crippen LogP contribution in [0.15, 0.2) is 42.6 Å². The number of anilines is 1. The maximum Gasteiger partial charge on any atom is 0.315 e. The van der Waals surface area contributed by atoms with Crippen LogP contribution in [0.2, 0.25) is 0 Å². The van der Waals surface area contributed by atoms with Gasteiger partial charge < -0.3 is 20.3 Å². The zero-order chi connectivity index (χ0) is 18.4. The largest absolute Gasteiger partial charge is 0.496 e. The van der Waals surface area contributed by atoms with Gasteiger partial charge in [0.05, 0.1) is 12.6 Å². The second-order valence-corrected chi connectivity index (χ2v) is 6.51. The number of urea groups is 1. The highest BCUT2D eigenvalue weighted by atomic mass is 16.5. The van der Waals surface area contributed by atoms with Crippen molar-refractivity contribution in [3.63, 3.8) is 0 Å². The molecule has 25 heavy (non-hydrogen) atoms. The molecule has 0 radical (unpaired) electrons. The third-order valence-corrected chi connectivity index (χ3v) is 3.94. The van der Waals surface area contributed by atoms with E-state index in [9.17, 15) is 4.79 Å². The minimum Gasteiger partial charge on any atom is -0.496 e. The van der Waals surface area contributed by atoms with Crippen molar-refractivity contribution in [2.75, 3.05) is 26.1 Å². The summed E-state index contributed by atoms with van der Waals surface area (Å²) in [6.45, 7) is 4.29. The molecule has 0 aliphatic heterocycles. The predicted molar refractivity (Wildman–Crippen MR) is 100.0 cm³/mol. The summed E-state index contributed by atoms with van der Waals surface area (Å²) in [5.74, 6) is 1.58. The molecular formula is C19H26N4O2.